The summed E-state index contributed by atoms with van der Waals surface area (Å²) in [6, 6.07) is 25.3. The Hall–Kier alpha value is -3.18. The van der Waals surface area contributed by atoms with Crippen molar-refractivity contribution in [1.82, 2.24) is 15.2 Å². The molecule has 1 aliphatic heterocycles. The first-order chi connectivity index (χ1) is 16.1. The van der Waals surface area contributed by atoms with Gasteiger partial charge in [0.25, 0.3) is 0 Å². The molecular weight excluding hydrogens is 408 g/mol. The third kappa shape index (κ3) is 6.42. The number of carbonyl (C=O) groups is 1. The van der Waals surface area contributed by atoms with Crippen LogP contribution in [0.1, 0.15) is 48.2 Å². The number of rotatable bonds is 8. The lowest BCUT2D eigenvalue weighted by Crippen LogP contribution is -2.40. The largest absolute Gasteiger partial charge is 0.334 e. The highest BCUT2D eigenvalue weighted by Crippen LogP contribution is 2.27. The molecule has 2 N–H and O–H groups in total. The molecule has 0 radical (unpaired) electrons. The van der Waals surface area contributed by atoms with Gasteiger partial charge in [-0.25, -0.2) is 4.79 Å². The Labute approximate surface area is 197 Å². The first-order valence-corrected chi connectivity index (χ1v) is 12.0. The van der Waals surface area contributed by atoms with Crippen LogP contribution in [-0.4, -0.2) is 41.6 Å². The molecule has 5 nitrogen and oxygen atoms in total. The zero-order valence-corrected chi connectivity index (χ0v) is 19.6. The molecule has 2 amide bonds. The van der Waals surface area contributed by atoms with Gasteiger partial charge in [-0.1, -0.05) is 74.0 Å². The van der Waals surface area contributed by atoms with Gasteiger partial charge in [0.05, 0.1) is 0 Å². The molecule has 0 aliphatic carbocycles. The summed E-state index contributed by atoms with van der Waals surface area (Å²) in [4.78, 5) is 19.7. The third-order valence-corrected chi connectivity index (χ3v) is 6.22. The maximum Gasteiger partial charge on any atom is 0.319 e. The van der Waals surface area contributed by atoms with E-state index in [2.05, 4.69) is 88.1 Å². The molecule has 5 heteroatoms. The normalized spacial score (nSPS) is 16.2. The van der Waals surface area contributed by atoms with Crippen molar-refractivity contribution in [1.29, 1.82) is 0 Å². The number of carbonyl (C=O) groups excluding carboxylic acids is 1. The molecule has 2 heterocycles. The van der Waals surface area contributed by atoms with Gasteiger partial charge in [0.1, 0.15) is 0 Å². The van der Waals surface area contributed by atoms with Gasteiger partial charge in [-0.2, -0.15) is 0 Å². The molecule has 1 fully saturated rings. The molecular formula is C28H34N4O. The number of nitrogens with one attached hydrogen (secondary N) is 2. The van der Waals surface area contributed by atoms with Crippen LogP contribution in [0.15, 0.2) is 72.8 Å². The first-order valence-electron chi connectivity index (χ1n) is 12.0. The van der Waals surface area contributed by atoms with Crippen LogP contribution >= 0.6 is 0 Å². The topological polar surface area (TPSA) is 57.3 Å². The SMILES string of the molecule is CCCc1cc(NC(=O)NC2CCN(CC(c3ccccc3)c3ccccc3)C2)cc(C)n1. The van der Waals surface area contributed by atoms with Crippen LogP contribution in [0.3, 0.4) is 0 Å². The Morgan fingerprint density at radius 1 is 1.06 bits per heavy atom. The van der Waals surface area contributed by atoms with Gasteiger partial charge in [-0.15, -0.1) is 0 Å². The number of nitrogens with zero attached hydrogens (tertiary/aromatic N) is 2. The number of urea groups is 1. The van der Waals surface area contributed by atoms with E-state index in [4.69, 9.17) is 0 Å². The van der Waals surface area contributed by atoms with E-state index in [1.54, 1.807) is 0 Å². The van der Waals surface area contributed by atoms with Crippen molar-refractivity contribution in [3.05, 3.63) is 95.3 Å². The average Bonchev–Trinajstić information content (AvgIpc) is 3.25. The second-order valence-electron chi connectivity index (χ2n) is 8.96. The van der Waals surface area contributed by atoms with Gasteiger partial charge in [0.2, 0.25) is 0 Å². The van der Waals surface area contributed by atoms with Crippen LogP contribution in [-0.2, 0) is 6.42 Å². The molecule has 0 saturated carbocycles. The van der Waals surface area contributed by atoms with Crippen molar-refractivity contribution < 1.29 is 4.79 Å². The number of hydrogen-bond acceptors (Lipinski definition) is 3. The van der Waals surface area contributed by atoms with Crippen molar-refractivity contribution in [2.24, 2.45) is 0 Å². The molecule has 1 saturated heterocycles. The second-order valence-corrected chi connectivity index (χ2v) is 8.96. The smallest absolute Gasteiger partial charge is 0.319 e. The standard InChI is InChI=1S/C28H34N4O/c1-3-10-24-18-26(17-21(2)29-24)31-28(33)30-25-15-16-32(19-25)20-27(22-11-6-4-7-12-22)23-13-8-5-9-14-23/h4-9,11-14,17-18,25,27H,3,10,15-16,19-20H2,1-2H3,(H2,29,30,31,33). The Morgan fingerprint density at radius 3 is 2.36 bits per heavy atom. The number of benzene rings is 2. The summed E-state index contributed by atoms with van der Waals surface area (Å²) >= 11 is 0. The van der Waals surface area contributed by atoms with E-state index in [0.29, 0.717) is 5.92 Å². The lowest BCUT2D eigenvalue weighted by Gasteiger charge is -2.25. The van der Waals surface area contributed by atoms with Crippen molar-refractivity contribution in [3.63, 3.8) is 0 Å². The fourth-order valence-electron chi connectivity index (χ4n) is 4.69. The lowest BCUT2D eigenvalue weighted by molar-refractivity contribution is 0.247. The van der Waals surface area contributed by atoms with Gasteiger partial charge in [-0.3, -0.25) is 4.98 Å². The maximum atomic E-state index is 12.7. The van der Waals surface area contributed by atoms with Crippen LogP contribution in [0.25, 0.3) is 0 Å². The zero-order chi connectivity index (χ0) is 23.0. The highest BCUT2D eigenvalue weighted by molar-refractivity contribution is 5.89. The van der Waals surface area contributed by atoms with Gasteiger partial charge < -0.3 is 15.5 Å². The molecule has 0 bridgehead atoms. The van der Waals surface area contributed by atoms with E-state index >= 15 is 0 Å². The molecule has 2 aromatic carbocycles. The molecule has 172 valence electrons. The molecule has 33 heavy (non-hydrogen) atoms. The first kappa shape index (κ1) is 23.0. The zero-order valence-electron chi connectivity index (χ0n) is 19.6. The fourth-order valence-corrected chi connectivity index (χ4v) is 4.69. The Balaban J connectivity index is 1.35. The molecule has 0 spiro atoms. The molecule has 1 aliphatic rings. The lowest BCUT2D eigenvalue weighted by atomic mass is 9.91. The average molecular weight is 443 g/mol. The van der Waals surface area contributed by atoms with Crippen molar-refractivity contribution in [2.45, 2.75) is 45.1 Å². The van der Waals surface area contributed by atoms with Crippen LogP contribution in [0.2, 0.25) is 0 Å². The number of amides is 2. The van der Waals surface area contributed by atoms with Gasteiger partial charge in [0.15, 0.2) is 0 Å². The van der Waals surface area contributed by atoms with Crippen molar-refractivity contribution in [2.75, 3.05) is 25.0 Å². The van der Waals surface area contributed by atoms with E-state index in [1.807, 2.05) is 19.1 Å². The van der Waals surface area contributed by atoms with Crippen LogP contribution in [0, 0.1) is 6.92 Å². The minimum absolute atomic E-state index is 0.141. The number of anilines is 1. The third-order valence-electron chi connectivity index (χ3n) is 6.22. The molecule has 1 aromatic heterocycles. The van der Waals surface area contributed by atoms with Gasteiger partial charge in [0, 0.05) is 48.7 Å². The van der Waals surface area contributed by atoms with Crippen LogP contribution in [0.5, 0.6) is 0 Å². The van der Waals surface area contributed by atoms with E-state index < -0.39 is 0 Å². The summed E-state index contributed by atoms with van der Waals surface area (Å²) in [7, 11) is 0. The maximum absolute atomic E-state index is 12.7. The number of aryl methyl sites for hydroxylation is 2. The number of likely N-dealkylation sites (tertiary alicyclic amines) is 1. The summed E-state index contributed by atoms with van der Waals surface area (Å²) in [5, 5.41) is 6.18. The minimum atomic E-state index is -0.141. The highest BCUT2D eigenvalue weighted by Gasteiger charge is 2.27. The monoisotopic (exact) mass is 442 g/mol. The predicted octanol–water partition coefficient (Wildman–Crippen LogP) is 5.37. The highest BCUT2D eigenvalue weighted by atomic mass is 16.2. The van der Waals surface area contributed by atoms with E-state index in [9.17, 15) is 4.79 Å². The summed E-state index contributed by atoms with van der Waals surface area (Å²) in [6.45, 7) is 6.89. The Morgan fingerprint density at radius 2 is 1.73 bits per heavy atom. The Kier molecular flexibility index (Phi) is 7.74. The van der Waals surface area contributed by atoms with Gasteiger partial charge >= 0.3 is 6.03 Å². The number of pyridine rings is 1. The molecule has 1 atom stereocenters. The second kappa shape index (κ2) is 11.1. The Bertz CT molecular complexity index is 999. The van der Waals surface area contributed by atoms with Crippen molar-refractivity contribution in [3.8, 4) is 0 Å². The van der Waals surface area contributed by atoms with E-state index in [1.165, 1.54) is 11.1 Å². The summed E-state index contributed by atoms with van der Waals surface area (Å²) in [5.74, 6) is 0.316. The van der Waals surface area contributed by atoms with Crippen LogP contribution in [0.4, 0.5) is 10.5 Å². The quantitative estimate of drug-likeness (QED) is 0.493. The van der Waals surface area contributed by atoms with Gasteiger partial charge in [-0.05, 0) is 43.0 Å². The van der Waals surface area contributed by atoms with E-state index in [0.717, 1.165) is 56.0 Å². The molecule has 3 aromatic rings. The van der Waals surface area contributed by atoms with E-state index in [-0.39, 0.29) is 12.1 Å². The summed E-state index contributed by atoms with van der Waals surface area (Å²) in [5.41, 5.74) is 5.41. The predicted molar refractivity (Wildman–Crippen MR) is 135 cm³/mol. The summed E-state index contributed by atoms with van der Waals surface area (Å²) < 4.78 is 0. The number of hydrogen-bond donors (Lipinski definition) is 2. The molecule has 1 unspecified atom stereocenters. The minimum Gasteiger partial charge on any atom is -0.334 e. The molecule has 4 rings (SSSR count). The number of aromatic nitrogens is 1. The van der Waals surface area contributed by atoms with Crippen LogP contribution < -0.4 is 10.6 Å². The fraction of sp³-hybridized carbons (Fsp3) is 0.357. The van der Waals surface area contributed by atoms with Crippen molar-refractivity contribution >= 4 is 11.7 Å². The summed E-state index contributed by atoms with van der Waals surface area (Å²) in [6.07, 6.45) is 2.91.